The third-order valence-electron chi connectivity index (χ3n) is 11.4. The molecule has 0 aromatic carbocycles. The number of anilines is 2. The van der Waals surface area contributed by atoms with E-state index >= 15 is 0 Å². The Morgan fingerprint density at radius 3 is 1.75 bits per heavy atom. The minimum absolute atomic E-state index is 0.161. The van der Waals surface area contributed by atoms with Crippen LogP contribution in [-0.2, 0) is 0 Å². The number of nitrogens with one attached hydrogen (secondary N) is 3. The van der Waals surface area contributed by atoms with E-state index in [1.165, 1.54) is 41.5 Å². The van der Waals surface area contributed by atoms with E-state index < -0.39 is 17.7 Å². The maximum absolute atomic E-state index is 11.9. The first-order valence-corrected chi connectivity index (χ1v) is 20.8. The molecule has 2 aliphatic rings. The number of nitrogens with two attached hydrogens (primary N) is 3. The van der Waals surface area contributed by atoms with Gasteiger partial charge in [-0.1, -0.05) is 25.6 Å². The van der Waals surface area contributed by atoms with Crippen LogP contribution in [0.4, 0.5) is 11.4 Å². The fourth-order valence-corrected chi connectivity index (χ4v) is 6.94. The van der Waals surface area contributed by atoms with E-state index in [9.17, 15) is 14.4 Å². The van der Waals surface area contributed by atoms with Gasteiger partial charge >= 0.3 is 0 Å². The summed E-state index contributed by atoms with van der Waals surface area (Å²) in [6.45, 7) is 8.63. The molecule has 2 atom stereocenters. The normalized spacial score (nSPS) is 15.4. The quantitative estimate of drug-likeness (QED) is 0.0350. The number of carbonyl (C=O) groups is 3. The van der Waals surface area contributed by atoms with Gasteiger partial charge in [-0.2, -0.15) is 10.2 Å². The van der Waals surface area contributed by atoms with E-state index in [4.69, 9.17) is 33.9 Å². The van der Waals surface area contributed by atoms with Crippen molar-refractivity contribution in [3.8, 4) is 11.5 Å². The van der Waals surface area contributed by atoms with Crippen LogP contribution in [-0.4, -0.2) is 89.7 Å². The van der Waals surface area contributed by atoms with Gasteiger partial charge in [0.25, 0.3) is 22.9 Å². The highest BCUT2D eigenvalue weighted by atomic mass is 32.2. The van der Waals surface area contributed by atoms with Crippen molar-refractivity contribution in [1.82, 2.24) is 54.0 Å². The van der Waals surface area contributed by atoms with Crippen LogP contribution in [0.3, 0.4) is 0 Å². The lowest BCUT2D eigenvalue weighted by molar-refractivity contribution is 0.0951. The summed E-state index contributed by atoms with van der Waals surface area (Å²) in [5, 5.41) is 24.5. The molecule has 0 bridgehead atoms. The molecular formula is C39H46N16O4S2. The van der Waals surface area contributed by atoms with Gasteiger partial charge in [-0.25, -0.2) is 24.8 Å². The zero-order valence-corrected chi connectivity index (χ0v) is 35.7. The Morgan fingerprint density at radius 2 is 1.33 bits per heavy atom. The SMILES string of the molecule is CSc1nnc(-c2cc3c(N[C@H](C)C4(C)CC4)c(C(N)=O)cnn3c2)o1.C[C@@H](Nc1c(C(N)=O)cnn2cc(C(=O)NN)cc12)C1(C)CC1.S=C(n1ccnc1)n1ccnc1. The number of nitrogen functional groups attached to an aromatic ring is 1. The molecular weight excluding hydrogens is 821 g/mol. The van der Waals surface area contributed by atoms with Crippen LogP contribution in [0.25, 0.3) is 22.5 Å². The van der Waals surface area contributed by atoms with Gasteiger partial charge in [-0.05, 0) is 81.0 Å². The second-order valence-corrected chi connectivity index (χ2v) is 16.6. The molecule has 20 nitrogen and oxygen atoms in total. The summed E-state index contributed by atoms with van der Waals surface area (Å²) in [6.07, 6.45) is 23.0. The van der Waals surface area contributed by atoms with Gasteiger partial charge in [0.05, 0.1) is 57.1 Å². The largest absolute Gasteiger partial charge is 0.411 e. The van der Waals surface area contributed by atoms with E-state index in [1.807, 2.05) is 12.3 Å². The maximum atomic E-state index is 11.9. The van der Waals surface area contributed by atoms with Crippen molar-refractivity contribution < 1.29 is 18.8 Å². The summed E-state index contributed by atoms with van der Waals surface area (Å²) in [6, 6.07) is 3.87. The van der Waals surface area contributed by atoms with Crippen LogP contribution in [0.2, 0.25) is 0 Å². The van der Waals surface area contributed by atoms with Gasteiger partial charge in [0.2, 0.25) is 5.89 Å². The molecule has 0 radical (unpaired) electrons. The number of nitrogens with zero attached hydrogens (tertiary/aromatic N) is 10. The van der Waals surface area contributed by atoms with Crippen molar-refractivity contribution in [2.24, 2.45) is 28.1 Å². The van der Waals surface area contributed by atoms with Crippen LogP contribution in [0.15, 0.2) is 84.0 Å². The zero-order chi connectivity index (χ0) is 43.6. The molecule has 9 rings (SSSR count). The lowest BCUT2D eigenvalue weighted by Crippen LogP contribution is -2.29. The molecule has 7 aromatic heterocycles. The zero-order valence-electron chi connectivity index (χ0n) is 34.1. The molecule has 7 aromatic rings. The monoisotopic (exact) mass is 866 g/mol. The number of hydrogen-bond donors (Lipinski definition) is 6. The van der Waals surface area contributed by atoms with Gasteiger partial charge < -0.3 is 26.5 Å². The third kappa shape index (κ3) is 9.10. The Morgan fingerprint density at radius 1 is 0.820 bits per heavy atom. The second-order valence-electron chi connectivity index (χ2n) is 15.5. The van der Waals surface area contributed by atoms with Crippen LogP contribution in [0, 0.1) is 10.8 Å². The Hall–Kier alpha value is -6.65. The molecule has 2 saturated carbocycles. The summed E-state index contributed by atoms with van der Waals surface area (Å²) < 4.78 is 12.3. The summed E-state index contributed by atoms with van der Waals surface area (Å²) in [5.74, 6) is 4.07. The lowest BCUT2D eigenvalue weighted by atomic mass is 10.00. The van der Waals surface area contributed by atoms with Gasteiger partial charge in [0.1, 0.15) is 12.7 Å². The molecule has 0 unspecified atom stereocenters. The average Bonchev–Trinajstić information content (AvgIpc) is 3.77. The van der Waals surface area contributed by atoms with E-state index in [2.05, 4.69) is 74.1 Å². The number of hydrazine groups is 1. The molecule has 318 valence electrons. The Bertz CT molecular complexity index is 2680. The summed E-state index contributed by atoms with van der Waals surface area (Å²) in [5.41, 5.74) is 18.0. The molecule has 3 amide bonds. The average molecular weight is 867 g/mol. The number of aromatic nitrogens is 10. The van der Waals surface area contributed by atoms with Gasteiger partial charge in [-0.15, -0.1) is 10.2 Å². The first-order chi connectivity index (χ1) is 29.1. The molecule has 0 spiro atoms. The maximum Gasteiger partial charge on any atom is 0.276 e. The number of thiocarbonyl (C=S) groups is 1. The molecule has 0 saturated heterocycles. The summed E-state index contributed by atoms with van der Waals surface area (Å²) in [4.78, 5) is 43.2. The topological polar surface area (TPSA) is 275 Å². The number of primary amides is 2. The highest BCUT2D eigenvalue weighted by Gasteiger charge is 2.44. The van der Waals surface area contributed by atoms with Crippen molar-refractivity contribution in [3.63, 3.8) is 0 Å². The molecule has 9 N–H and O–H groups in total. The Labute approximate surface area is 359 Å². The molecule has 22 heteroatoms. The Balaban J connectivity index is 0.000000147. The Kier molecular flexibility index (Phi) is 11.9. The van der Waals surface area contributed by atoms with Crippen molar-refractivity contribution in [2.75, 3.05) is 16.9 Å². The number of fused-ring (bicyclic) bond motifs is 2. The number of thioether (sulfide) groups is 1. The fraction of sp³-hybridized carbons (Fsp3) is 0.333. The summed E-state index contributed by atoms with van der Waals surface area (Å²) in [7, 11) is 0. The number of imidazole rings is 2. The van der Waals surface area contributed by atoms with Gasteiger partial charge in [0, 0.05) is 49.3 Å². The number of rotatable bonds is 11. The number of hydrogen-bond acceptors (Lipinski definition) is 15. The molecule has 61 heavy (non-hydrogen) atoms. The highest BCUT2D eigenvalue weighted by molar-refractivity contribution is 7.98. The van der Waals surface area contributed by atoms with Crippen molar-refractivity contribution in [2.45, 2.75) is 70.7 Å². The van der Waals surface area contributed by atoms with Gasteiger partial charge in [-0.3, -0.25) is 28.9 Å². The molecule has 7 heterocycles. The standard InChI is InChI=1S/C17H20N6O2S.C15H20N6O2.C7H6N4S/c1-9(17(2)4-5-17)20-13-11(14(18)24)7-19-23-8-10(6-12(13)23)15-21-22-16(25-15)26-3;1-8(15(2)3-4-15)19-12-10(13(16)22)6-18-21-7-9(5-11(12)21)14(23)20-17;12-7(10-3-1-8-5-10)11-4-2-9-6-11/h6-9,20H,4-5H2,1-3H3,(H2,18,24);5-8,19H,3-4,17H2,1-2H3,(H2,16,22)(H,20,23);1-6H/t9-;8-;/m11./s1. The molecule has 0 aliphatic heterocycles. The van der Waals surface area contributed by atoms with E-state index in [-0.39, 0.29) is 22.9 Å². The van der Waals surface area contributed by atoms with E-state index in [0.717, 1.165) is 23.9 Å². The second kappa shape index (κ2) is 17.1. The first-order valence-electron chi connectivity index (χ1n) is 19.2. The van der Waals surface area contributed by atoms with Crippen LogP contribution >= 0.6 is 24.0 Å². The van der Waals surface area contributed by atoms with Crippen LogP contribution < -0.4 is 33.4 Å². The van der Waals surface area contributed by atoms with Crippen molar-refractivity contribution in [1.29, 1.82) is 0 Å². The molecule has 2 aliphatic carbocycles. The number of carbonyl (C=O) groups excluding carboxylic acids is 3. The van der Waals surface area contributed by atoms with Crippen molar-refractivity contribution in [3.05, 3.63) is 91.1 Å². The minimum atomic E-state index is -0.568. The first kappa shape index (κ1) is 42.5. The fourth-order valence-electron chi connectivity index (χ4n) is 6.44. The predicted molar refractivity (Wildman–Crippen MR) is 233 cm³/mol. The highest BCUT2D eigenvalue weighted by Crippen LogP contribution is 2.50. The predicted octanol–water partition coefficient (Wildman–Crippen LogP) is 4.20. The summed E-state index contributed by atoms with van der Waals surface area (Å²) >= 11 is 6.52. The minimum Gasteiger partial charge on any atom is -0.411 e. The van der Waals surface area contributed by atoms with E-state index in [1.54, 1.807) is 69.6 Å². The van der Waals surface area contributed by atoms with Crippen LogP contribution in [0.5, 0.6) is 0 Å². The molecule has 2 fully saturated rings. The van der Waals surface area contributed by atoms with Crippen LogP contribution in [0.1, 0.15) is 84.5 Å². The van der Waals surface area contributed by atoms with Crippen molar-refractivity contribution >= 4 is 69.2 Å². The lowest BCUT2D eigenvalue weighted by Gasteiger charge is -2.23. The van der Waals surface area contributed by atoms with E-state index in [0.29, 0.717) is 49.8 Å². The third-order valence-corrected chi connectivity index (χ3v) is 12.3. The van der Waals surface area contributed by atoms with Gasteiger partial charge in [0.15, 0.2) is 5.11 Å². The smallest absolute Gasteiger partial charge is 0.276 e. The number of amides is 3.